The lowest BCUT2D eigenvalue weighted by molar-refractivity contribution is -0.137. The summed E-state index contributed by atoms with van der Waals surface area (Å²) < 4.78 is 5.52. The molecule has 3 rings (SSSR count). The number of amides is 1. The van der Waals surface area contributed by atoms with E-state index < -0.39 is 0 Å². The molecular formula is C22H23NO2. The molecule has 0 fully saturated rings. The molecule has 0 spiro atoms. The van der Waals surface area contributed by atoms with Gasteiger partial charge in [0.05, 0.1) is 18.8 Å². The lowest BCUT2D eigenvalue weighted by Gasteiger charge is -2.33. The summed E-state index contributed by atoms with van der Waals surface area (Å²) >= 11 is 0. The predicted octanol–water partition coefficient (Wildman–Crippen LogP) is 5.05. The van der Waals surface area contributed by atoms with Crippen LogP contribution in [0.5, 0.6) is 0 Å². The standard InChI is InChI=1S/C22H23NO2/c1-17(2)22(24)23(16-20-14-9-15-25-20)21(18-10-5-3-6-11-18)19-12-7-4-8-13-19/h3-15,17,21H,16H2,1-2H3. The molecule has 0 saturated heterocycles. The van der Waals surface area contributed by atoms with Gasteiger partial charge in [-0.1, -0.05) is 74.5 Å². The van der Waals surface area contributed by atoms with Gasteiger partial charge in [0.15, 0.2) is 0 Å². The van der Waals surface area contributed by atoms with Crippen LogP contribution < -0.4 is 0 Å². The second-order valence-corrected chi connectivity index (χ2v) is 6.42. The lowest BCUT2D eigenvalue weighted by Crippen LogP contribution is -2.37. The Balaban J connectivity index is 2.07. The lowest BCUT2D eigenvalue weighted by atomic mass is 9.95. The molecule has 0 radical (unpaired) electrons. The van der Waals surface area contributed by atoms with Crippen LogP contribution in [0.2, 0.25) is 0 Å². The Bertz CT molecular complexity index is 740. The third-order valence-corrected chi connectivity index (χ3v) is 4.23. The normalized spacial score (nSPS) is 11.0. The summed E-state index contributed by atoms with van der Waals surface area (Å²) in [7, 11) is 0. The monoisotopic (exact) mass is 333 g/mol. The van der Waals surface area contributed by atoms with Crippen LogP contribution in [0, 0.1) is 5.92 Å². The zero-order chi connectivity index (χ0) is 17.6. The minimum atomic E-state index is -0.151. The van der Waals surface area contributed by atoms with Crippen LogP contribution in [-0.2, 0) is 11.3 Å². The van der Waals surface area contributed by atoms with Gasteiger partial charge in [-0.25, -0.2) is 0 Å². The van der Waals surface area contributed by atoms with Crippen molar-refractivity contribution in [2.24, 2.45) is 5.92 Å². The first-order valence-electron chi connectivity index (χ1n) is 8.59. The molecule has 1 amide bonds. The Morgan fingerprint density at radius 2 is 1.44 bits per heavy atom. The van der Waals surface area contributed by atoms with Gasteiger partial charge in [0.2, 0.25) is 5.91 Å². The van der Waals surface area contributed by atoms with Crippen molar-refractivity contribution in [2.45, 2.75) is 26.4 Å². The van der Waals surface area contributed by atoms with Crippen LogP contribution in [0.4, 0.5) is 0 Å². The molecule has 0 aliphatic rings. The summed E-state index contributed by atoms with van der Waals surface area (Å²) in [6.45, 7) is 4.31. The van der Waals surface area contributed by atoms with Crippen molar-refractivity contribution >= 4 is 5.91 Å². The molecule has 25 heavy (non-hydrogen) atoms. The maximum atomic E-state index is 13.0. The molecule has 1 aromatic heterocycles. The second-order valence-electron chi connectivity index (χ2n) is 6.42. The van der Waals surface area contributed by atoms with Gasteiger partial charge in [0, 0.05) is 5.92 Å². The number of hydrogen-bond donors (Lipinski definition) is 0. The van der Waals surface area contributed by atoms with E-state index in [1.54, 1.807) is 6.26 Å². The highest BCUT2D eigenvalue weighted by Crippen LogP contribution is 2.31. The highest BCUT2D eigenvalue weighted by Gasteiger charge is 2.29. The van der Waals surface area contributed by atoms with Crippen molar-refractivity contribution in [3.05, 3.63) is 95.9 Å². The molecule has 0 aliphatic heterocycles. The Labute approximate surface area is 148 Å². The first-order chi connectivity index (χ1) is 12.2. The number of hydrogen-bond acceptors (Lipinski definition) is 2. The molecule has 1 heterocycles. The topological polar surface area (TPSA) is 33.5 Å². The quantitative estimate of drug-likeness (QED) is 0.632. The first-order valence-corrected chi connectivity index (χ1v) is 8.59. The molecule has 0 bridgehead atoms. The number of nitrogens with zero attached hydrogens (tertiary/aromatic N) is 1. The fourth-order valence-corrected chi connectivity index (χ4v) is 3.02. The number of carbonyl (C=O) groups is 1. The van der Waals surface area contributed by atoms with Gasteiger partial charge >= 0.3 is 0 Å². The number of benzene rings is 2. The van der Waals surface area contributed by atoms with E-state index in [0.29, 0.717) is 6.54 Å². The number of rotatable bonds is 6. The predicted molar refractivity (Wildman–Crippen MR) is 98.8 cm³/mol. The molecule has 3 nitrogen and oxygen atoms in total. The number of furan rings is 1. The molecule has 3 heteroatoms. The maximum Gasteiger partial charge on any atom is 0.226 e. The number of carbonyl (C=O) groups excluding carboxylic acids is 1. The van der Waals surface area contributed by atoms with Crippen molar-refractivity contribution in [1.82, 2.24) is 4.90 Å². The third kappa shape index (κ3) is 4.00. The van der Waals surface area contributed by atoms with Crippen molar-refractivity contribution in [1.29, 1.82) is 0 Å². The van der Waals surface area contributed by atoms with Gasteiger partial charge in [0.25, 0.3) is 0 Å². The van der Waals surface area contributed by atoms with Crippen LogP contribution in [0.3, 0.4) is 0 Å². The van der Waals surface area contributed by atoms with Gasteiger partial charge in [-0.15, -0.1) is 0 Å². The van der Waals surface area contributed by atoms with E-state index in [-0.39, 0.29) is 17.9 Å². The summed E-state index contributed by atoms with van der Waals surface area (Å²) in [6, 6.07) is 23.9. The SMILES string of the molecule is CC(C)C(=O)N(Cc1ccco1)C(c1ccccc1)c1ccccc1. The van der Waals surface area contributed by atoms with Crippen LogP contribution in [-0.4, -0.2) is 10.8 Å². The van der Waals surface area contributed by atoms with E-state index in [9.17, 15) is 4.79 Å². The molecule has 2 aromatic carbocycles. The summed E-state index contributed by atoms with van der Waals surface area (Å²) in [5.41, 5.74) is 2.18. The van der Waals surface area contributed by atoms with E-state index in [1.165, 1.54) is 0 Å². The Morgan fingerprint density at radius 3 is 1.88 bits per heavy atom. The van der Waals surface area contributed by atoms with E-state index in [1.807, 2.05) is 67.3 Å². The minimum absolute atomic E-state index is 0.0927. The third-order valence-electron chi connectivity index (χ3n) is 4.23. The Kier molecular flexibility index (Phi) is 5.34. The van der Waals surface area contributed by atoms with Crippen molar-refractivity contribution in [3.8, 4) is 0 Å². The van der Waals surface area contributed by atoms with Crippen LogP contribution in [0.1, 0.15) is 36.8 Å². The molecule has 3 aromatic rings. The smallest absolute Gasteiger partial charge is 0.226 e. The largest absolute Gasteiger partial charge is 0.467 e. The van der Waals surface area contributed by atoms with E-state index >= 15 is 0 Å². The second kappa shape index (κ2) is 7.84. The summed E-state index contributed by atoms with van der Waals surface area (Å²) in [5, 5.41) is 0. The van der Waals surface area contributed by atoms with Crippen molar-refractivity contribution in [3.63, 3.8) is 0 Å². The Morgan fingerprint density at radius 1 is 0.880 bits per heavy atom. The average Bonchev–Trinajstić information content (AvgIpc) is 3.15. The van der Waals surface area contributed by atoms with Crippen molar-refractivity contribution < 1.29 is 9.21 Å². The molecule has 0 unspecified atom stereocenters. The van der Waals surface area contributed by atoms with Gasteiger partial charge < -0.3 is 9.32 Å². The highest BCUT2D eigenvalue weighted by molar-refractivity contribution is 5.79. The zero-order valence-corrected chi connectivity index (χ0v) is 14.6. The van der Waals surface area contributed by atoms with Crippen LogP contribution >= 0.6 is 0 Å². The summed E-state index contributed by atoms with van der Waals surface area (Å²) in [6.07, 6.45) is 1.65. The van der Waals surface area contributed by atoms with E-state index in [2.05, 4.69) is 24.3 Å². The van der Waals surface area contributed by atoms with Gasteiger partial charge in [0.1, 0.15) is 5.76 Å². The van der Waals surface area contributed by atoms with Gasteiger partial charge in [-0.2, -0.15) is 0 Å². The minimum Gasteiger partial charge on any atom is -0.467 e. The Hall–Kier alpha value is -2.81. The molecular weight excluding hydrogens is 310 g/mol. The zero-order valence-electron chi connectivity index (χ0n) is 14.6. The maximum absolute atomic E-state index is 13.0. The molecule has 0 saturated carbocycles. The molecule has 0 atom stereocenters. The van der Waals surface area contributed by atoms with E-state index in [4.69, 9.17) is 4.42 Å². The fraction of sp³-hybridized carbons (Fsp3) is 0.227. The highest BCUT2D eigenvalue weighted by atomic mass is 16.3. The molecule has 0 N–H and O–H groups in total. The van der Waals surface area contributed by atoms with Crippen LogP contribution in [0.25, 0.3) is 0 Å². The van der Waals surface area contributed by atoms with Gasteiger partial charge in [-0.05, 0) is 23.3 Å². The fourth-order valence-electron chi connectivity index (χ4n) is 3.02. The first kappa shape index (κ1) is 17.0. The summed E-state index contributed by atoms with van der Waals surface area (Å²) in [5.74, 6) is 0.796. The van der Waals surface area contributed by atoms with Crippen LogP contribution in [0.15, 0.2) is 83.5 Å². The van der Waals surface area contributed by atoms with E-state index in [0.717, 1.165) is 16.9 Å². The van der Waals surface area contributed by atoms with Gasteiger partial charge in [-0.3, -0.25) is 4.79 Å². The average molecular weight is 333 g/mol. The molecule has 0 aliphatic carbocycles. The molecule has 128 valence electrons. The van der Waals surface area contributed by atoms with Crippen molar-refractivity contribution in [2.75, 3.05) is 0 Å². The summed E-state index contributed by atoms with van der Waals surface area (Å²) in [4.78, 5) is 15.0.